The van der Waals surface area contributed by atoms with Gasteiger partial charge in [0.15, 0.2) is 0 Å². The molecule has 236 valence electrons. The first-order valence-electron chi connectivity index (χ1n) is 13.3. The molecule has 2 heterocycles. The number of hydrogen-bond donors (Lipinski definition) is 4. The second-order valence-corrected chi connectivity index (χ2v) is 13.0. The summed E-state index contributed by atoms with van der Waals surface area (Å²) in [7, 11) is -3.93. The van der Waals surface area contributed by atoms with E-state index in [9.17, 15) is 32.6 Å². The number of aromatic nitrogens is 4. The van der Waals surface area contributed by atoms with Crippen molar-refractivity contribution in [1.29, 1.82) is 0 Å². The Bertz CT molecular complexity index is 1710. The number of carbonyl (C=O) groups excluding carboxylic acids is 1. The summed E-state index contributed by atoms with van der Waals surface area (Å²) in [6.07, 6.45) is 0.278. The van der Waals surface area contributed by atoms with Gasteiger partial charge in [0.25, 0.3) is 10.0 Å². The molecule has 0 aliphatic rings. The highest BCUT2D eigenvalue weighted by atomic mass is 32.2. The fraction of sp³-hybridized carbons (Fsp3) is 0.370. The number of nitrogens with two attached hydrogens (primary N) is 1. The Morgan fingerprint density at radius 2 is 1.84 bits per heavy atom. The average Bonchev–Trinajstić information content (AvgIpc) is 3.62. The smallest absolute Gasteiger partial charge is 0.326 e. The van der Waals surface area contributed by atoms with Gasteiger partial charge in [-0.15, -0.1) is 16.4 Å². The average molecular weight is 651 g/mol. The van der Waals surface area contributed by atoms with Crippen molar-refractivity contribution in [3.05, 3.63) is 59.9 Å². The molecule has 0 spiro atoms. The van der Waals surface area contributed by atoms with Crippen molar-refractivity contribution < 1.29 is 42.1 Å². The van der Waals surface area contributed by atoms with E-state index in [1.807, 2.05) is 0 Å². The van der Waals surface area contributed by atoms with Crippen LogP contribution in [0.15, 0.2) is 53.0 Å². The number of aliphatic hydroxyl groups is 1. The summed E-state index contributed by atoms with van der Waals surface area (Å²) in [5.74, 6) is -1.27. The first-order chi connectivity index (χ1) is 20.8. The summed E-state index contributed by atoms with van der Waals surface area (Å²) in [4.78, 5) is 29.3. The molecular weight excluding hydrogens is 619 g/mol. The summed E-state index contributed by atoms with van der Waals surface area (Å²) in [5.41, 5.74) is 1.46. The molecule has 0 aliphatic carbocycles. The van der Waals surface area contributed by atoms with E-state index >= 15 is 0 Å². The first kappa shape index (κ1) is 32.7. The normalized spacial score (nSPS) is 13.9. The number of primary sulfonamides is 1. The van der Waals surface area contributed by atoms with Crippen LogP contribution in [0, 0.1) is 5.92 Å². The number of ether oxygens (including phenoxy) is 2. The number of rotatable bonds is 15. The topological polar surface area (TPSA) is 209 Å². The van der Waals surface area contributed by atoms with E-state index < -0.39 is 46.8 Å². The third-order valence-electron chi connectivity index (χ3n) is 6.31. The minimum absolute atomic E-state index is 0.0109. The Morgan fingerprint density at radius 1 is 1.14 bits per heavy atom. The molecule has 4 rings (SSSR count). The van der Waals surface area contributed by atoms with Gasteiger partial charge < -0.3 is 25.0 Å². The highest BCUT2D eigenvalue weighted by Gasteiger charge is 2.30. The molecule has 0 radical (unpaired) electrons. The number of alkyl halides is 1. The fourth-order valence-corrected chi connectivity index (χ4v) is 5.83. The minimum atomic E-state index is -3.93. The summed E-state index contributed by atoms with van der Waals surface area (Å²) in [6, 6.07) is 9.10. The molecule has 3 atom stereocenters. The Morgan fingerprint density at radius 3 is 2.48 bits per heavy atom. The number of aliphatic carboxylic acids is 1. The molecule has 14 nitrogen and oxygen atoms in total. The minimum Gasteiger partial charge on any atom is -0.491 e. The van der Waals surface area contributed by atoms with Gasteiger partial charge in [-0.05, 0) is 41.8 Å². The van der Waals surface area contributed by atoms with Crippen LogP contribution in [0.25, 0.3) is 10.2 Å². The zero-order chi connectivity index (χ0) is 32.0. The third kappa shape index (κ3) is 8.46. The number of nitrogens with zero attached hydrogens (tertiary/aromatic N) is 4. The molecule has 44 heavy (non-hydrogen) atoms. The van der Waals surface area contributed by atoms with Crippen LogP contribution in [0.3, 0.4) is 0 Å². The Kier molecular flexibility index (Phi) is 10.5. The Balaban J connectivity index is 1.39. The van der Waals surface area contributed by atoms with E-state index in [1.165, 1.54) is 10.9 Å². The van der Waals surface area contributed by atoms with E-state index in [0.29, 0.717) is 33.0 Å². The molecule has 4 aromatic rings. The highest BCUT2D eigenvalue weighted by Crippen LogP contribution is 2.28. The van der Waals surface area contributed by atoms with Crippen molar-refractivity contribution in [2.45, 2.75) is 49.4 Å². The van der Waals surface area contributed by atoms with Crippen LogP contribution in [0.2, 0.25) is 0 Å². The predicted molar refractivity (Wildman–Crippen MR) is 156 cm³/mol. The molecule has 0 fully saturated rings. The van der Waals surface area contributed by atoms with E-state index in [1.54, 1.807) is 56.3 Å². The van der Waals surface area contributed by atoms with Gasteiger partial charge in [0.05, 0.1) is 16.4 Å². The SMILES string of the molecule is CC(C)[C@H](C(=O)N[C@H](Cc1ccc(OCC(O)CF)cc1)C(=O)O)n1cc(COc2ccc3nc(S(N)(=O)=O)sc3c2)nn1. The molecule has 0 saturated carbocycles. The zero-order valence-corrected chi connectivity index (χ0v) is 25.3. The maximum absolute atomic E-state index is 13.3. The van der Waals surface area contributed by atoms with E-state index in [4.69, 9.17) is 14.6 Å². The van der Waals surface area contributed by atoms with Gasteiger partial charge in [-0.2, -0.15) is 0 Å². The Labute approximate surface area is 255 Å². The van der Waals surface area contributed by atoms with Gasteiger partial charge in [-0.3, -0.25) is 4.79 Å². The van der Waals surface area contributed by atoms with Crippen LogP contribution in [-0.4, -0.2) is 75.9 Å². The summed E-state index contributed by atoms with van der Waals surface area (Å²) in [5, 5.41) is 35.0. The van der Waals surface area contributed by atoms with Crippen LogP contribution < -0.4 is 19.9 Å². The number of aliphatic hydroxyl groups excluding tert-OH is 1. The third-order valence-corrected chi connectivity index (χ3v) is 8.65. The number of halogens is 1. The summed E-state index contributed by atoms with van der Waals surface area (Å²) < 4.78 is 48.3. The number of fused-ring (bicyclic) bond motifs is 1. The predicted octanol–water partition coefficient (Wildman–Crippen LogP) is 1.83. The van der Waals surface area contributed by atoms with E-state index in [2.05, 4.69) is 20.6 Å². The Hall–Kier alpha value is -4.19. The number of hydrogen-bond acceptors (Lipinski definition) is 11. The molecular formula is C27H31FN6O8S2. The van der Waals surface area contributed by atoms with Gasteiger partial charge in [0, 0.05) is 6.42 Å². The number of thiazole rings is 1. The molecule has 0 bridgehead atoms. The van der Waals surface area contributed by atoms with Crippen molar-refractivity contribution in [3.63, 3.8) is 0 Å². The summed E-state index contributed by atoms with van der Waals surface area (Å²) in [6.45, 7) is 2.41. The lowest BCUT2D eigenvalue weighted by Gasteiger charge is -2.23. The largest absolute Gasteiger partial charge is 0.491 e. The van der Waals surface area contributed by atoms with E-state index in [-0.39, 0.29) is 29.9 Å². The van der Waals surface area contributed by atoms with Gasteiger partial charge in [-0.1, -0.05) is 31.2 Å². The van der Waals surface area contributed by atoms with Crippen LogP contribution in [0.5, 0.6) is 11.5 Å². The van der Waals surface area contributed by atoms with Crippen molar-refractivity contribution in [2.75, 3.05) is 13.3 Å². The number of benzene rings is 2. The van der Waals surface area contributed by atoms with Crippen LogP contribution in [-0.2, 0) is 32.6 Å². The van der Waals surface area contributed by atoms with Crippen molar-refractivity contribution in [3.8, 4) is 11.5 Å². The van der Waals surface area contributed by atoms with Gasteiger partial charge in [0.1, 0.15) is 55.3 Å². The molecule has 2 aromatic carbocycles. The molecule has 1 unspecified atom stereocenters. The van der Waals surface area contributed by atoms with Gasteiger partial charge in [-0.25, -0.2) is 32.4 Å². The molecule has 0 saturated heterocycles. The molecule has 0 aliphatic heterocycles. The number of nitrogens with one attached hydrogen (secondary N) is 1. The molecule has 17 heteroatoms. The zero-order valence-electron chi connectivity index (χ0n) is 23.7. The molecule has 1 amide bonds. The van der Waals surface area contributed by atoms with E-state index in [0.717, 1.165) is 11.3 Å². The maximum Gasteiger partial charge on any atom is 0.326 e. The lowest BCUT2D eigenvalue weighted by atomic mass is 10.0. The van der Waals surface area contributed by atoms with Crippen LogP contribution in [0.1, 0.15) is 31.1 Å². The van der Waals surface area contributed by atoms with Gasteiger partial charge >= 0.3 is 5.97 Å². The van der Waals surface area contributed by atoms with Crippen molar-refractivity contribution >= 4 is 43.5 Å². The molecule has 2 aromatic heterocycles. The lowest BCUT2D eigenvalue weighted by Crippen LogP contribution is -2.46. The second kappa shape index (κ2) is 14.1. The maximum atomic E-state index is 13.3. The van der Waals surface area contributed by atoms with Gasteiger partial charge in [0.2, 0.25) is 10.2 Å². The number of amides is 1. The van der Waals surface area contributed by atoms with Crippen molar-refractivity contribution in [2.24, 2.45) is 11.1 Å². The number of carboxylic acid groups (broad SMARTS) is 1. The fourth-order valence-electron chi connectivity index (χ4n) is 4.15. The first-order valence-corrected chi connectivity index (χ1v) is 15.7. The number of sulfonamides is 1. The molecule has 5 N–H and O–H groups in total. The van der Waals surface area contributed by atoms with Crippen LogP contribution in [0.4, 0.5) is 4.39 Å². The lowest BCUT2D eigenvalue weighted by molar-refractivity contribution is -0.142. The highest BCUT2D eigenvalue weighted by molar-refractivity contribution is 7.91. The van der Waals surface area contributed by atoms with Crippen LogP contribution >= 0.6 is 11.3 Å². The second-order valence-electron chi connectivity index (χ2n) is 10.2. The quantitative estimate of drug-likeness (QED) is 0.146. The standard InChI is InChI=1S/C27H31FN6O8S2/c1-15(2)24(25(36)30-22(26(37)38)9-16-3-5-19(6-4-16)42-14-18(35)11-28)34-12-17(32-33-34)13-41-20-7-8-21-23(10-20)43-27(31-21)44(29,39)40/h3-8,10,12,15,18,22,24,35H,9,11,13-14H2,1-2H3,(H,30,36)(H,37,38)(H2,29,39,40)/t18?,22-,24-/m1/s1. The number of carbonyl (C=O) groups is 2. The number of carboxylic acids is 1. The van der Waals surface area contributed by atoms with Crippen molar-refractivity contribution in [1.82, 2.24) is 25.3 Å². The summed E-state index contributed by atoms with van der Waals surface area (Å²) >= 11 is 0.918. The monoisotopic (exact) mass is 650 g/mol.